The maximum absolute atomic E-state index is 10.9. The molecule has 94 valence electrons. The van der Waals surface area contributed by atoms with Crippen molar-refractivity contribution in [3.63, 3.8) is 0 Å². The first-order valence-corrected chi connectivity index (χ1v) is 6.09. The number of halogens is 1. The molecule has 1 fully saturated rings. The molecule has 0 heterocycles. The number of hydrogen-bond donors (Lipinski definition) is 1. The molecule has 0 aliphatic heterocycles. The van der Waals surface area contributed by atoms with Gasteiger partial charge in [-0.15, -0.1) is 11.6 Å². The van der Waals surface area contributed by atoms with Gasteiger partial charge in [0.15, 0.2) is 0 Å². The Morgan fingerprint density at radius 1 is 1.71 bits per heavy atom. The molecule has 2 aliphatic carbocycles. The predicted molar refractivity (Wildman–Crippen MR) is 61.6 cm³/mol. The Kier molecular flexibility index (Phi) is 3.12. The van der Waals surface area contributed by atoms with E-state index < -0.39 is 16.3 Å². The van der Waals surface area contributed by atoms with E-state index >= 15 is 0 Å². The molecule has 6 heteroatoms. The van der Waals surface area contributed by atoms with Crippen molar-refractivity contribution in [2.24, 2.45) is 17.3 Å². The zero-order valence-corrected chi connectivity index (χ0v) is 10.0. The number of hydrogen-bond acceptors (Lipinski definition) is 3. The molecule has 0 saturated heterocycles. The summed E-state index contributed by atoms with van der Waals surface area (Å²) in [6, 6.07) is 0. The highest BCUT2D eigenvalue weighted by Gasteiger charge is 2.58. The maximum atomic E-state index is 10.9. The number of allylic oxidation sites excluding steroid dienone is 2. The molecule has 0 aromatic rings. The number of aliphatic carboxylic acids is 1. The molecule has 0 radical (unpaired) electrons. The van der Waals surface area contributed by atoms with Gasteiger partial charge >= 0.3 is 5.97 Å². The van der Waals surface area contributed by atoms with Crippen molar-refractivity contribution < 1.29 is 14.8 Å². The largest absolute Gasteiger partial charge is 0.481 e. The summed E-state index contributed by atoms with van der Waals surface area (Å²) in [4.78, 5) is 21.2. The van der Waals surface area contributed by atoms with Crippen molar-refractivity contribution in [3.8, 4) is 0 Å². The van der Waals surface area contributed by atoms with E-state index in [1.165, 1.54) is 0 Å². The SMILES string of the molecule is O=C(O)C[C@]1(C[N+](=O)[O-])C[C@@H]2CC(CCl)=C[C@@H]21. The molecule has 0 spiro atoms. The van der Waals surface area contributed by atoms with Gasteiger partial charge in [-0.2, -0.15) is 0 Å². The number of carboxylic acid groups (broad SMARTS) is 1. The van der Waals surface area contributed by atoms with Crippen molar-refractivity contribution in [2.45, 2.75) is 19.3 Å². The number of nitrogens with zero attached hydrogens (tertiary/aromatic N) is 1. The monoisotopic (exact) mass is 259 g/mol. The summed E-state index contributed by atoms with van der Waals surface area (Å²) in [6.45, 7) is -0.257. The lowest BCUT2D eigenvalue weighted by molar-refractivity contribution is -0.505. The lowest BCUT2D eigenvalue weighted by Crippen LogP contribution is -2.50. The summed E-state index contributed by atoms with van der Waals surface area (Å²) >= 11 is 5.75. The van der Waals surface area contributed by atoms with Crippen LogP contribution in [0, 0.1) is 27.4 Å². The van der Waals surface area contributed by atoms with Gasteiger partial charge in [0.25, 0.3) is 0 Å². The fraction of sp³-hybridized carbons (Fsp3) is 0.727. The number of rotatable bonds is 5. The van der Waals surface area contributed by atoms with Crippen LogP contribution in [0.5, 0.6) is 0 Å². The summed E-state index contributed by atoms with van der Waals surface area (Å²) in [6.07, 6.45) is 3.34. The highest BCUT2D eigenvalue weighted by Crippen LogP contribution is 2.59. The van der Waals surface area contributed by atoms with E-state index in [9.17, 15) is 14.9 Å². The zero-order chi connectivity index (χ0) is 12.6. The van der Waals surface area contributed by atoms with Crippen LogP contribution in [0.15, 0.2) is 11.6 Å². The normalized spacial score (nSPS) is 34.8. The average Bonchev–Trinajstić information content (AvgIpc) is 2.54. The van der Waals surface area contributed by atoms with Crippen LogP contribution >= 0.6 is 11.6 Å². The van der Waals surface area contributed by atoms with Gasteiger partial charge in [0.1, 0.15) is 0 Å². The topological polar surface area (TPSA) is 80.4 Å². The highest BCUT2D eigenvalue weighted by atomic mass is 35.5. The van der Waals surface area contributed by atoms with Crippen molar-refractivity contribution >= 4 is 17.6 Å². The van der Waals surface area contributed by atoms with Crippen LogP contribution < -0.4 is 0 Å². The Hall–Kier alpha value is -1.10. The Bertz CT molecular complexity index is 377. The van der Waals surface area contributed by atoms with Gasteiger partial charge < -0.3 is 5.11 Å². The summed E-state index contributed by atoms with van der Waals surface area (Å²) in [5, 5.41) is 19.6. The third kappa shape index (κ3) is 2.16. The maximum Gasteiger partial charge on any atom is 0.304 e. The van der Waals surface area contributed by atoms with Crippen LogP contribution in [0.3, 0.4) is 0 Å². The second-order valence-corrected chi connectivity index (χ2v) is 5.34. The van der Waals surface area contributed by atoms with Gasteiger partial charge in [-0.1, -0.05) is 11.6 Å². The lowest BCUT2D eigenvalue weighted by Gasteiger charge is -2.48. The van der Waals surface area contributed by atoms with Crippen molar-refractivity contribution in [3.05, 3.63) is 21.8 Å². The minimum atomic E-state index is -0.960. The number of carboxylic acids is 1. The second kappa shape index (κ2) is 4.29. The van der Waals surface area contributed by atoms with Crippen LogP contribution in [-0.2, 0) is 4.79 Å². The van der Waals surface area contributed by atoms with E-state index in [-0.39, 0.29) is 18.9 Å². The van der Waals surface area contributed by atoms with E-state index in [0.717, 1.165) is 12.0 Å². The molecule has 1 saturated carbocycles. The Balaban J connectivity index is 2.17. The quantitative estimate of drug-likeness (QED) is 0.354. The summed E-state index contributed by atoms with van der Waals surface area (Å²) in [5.74, 6) is -0.131. The van der Waals surface area contributed by atoms with Crippen LogP contribution in [0.25, 0.3) is 0 Å². The number of alkyl halides is 1. The van der Waals surface area contributed by atoms with Crippen molar-refractivity contribution in [1.29, 1.82) is 0 Å². The van der Waals surface area contributed by atoms with Crippen molar-refractivity contribution in [2.75, 3.05) is 12.4 Å². The molecule has 2 aliphatic rings. The van der Waals surface area contributed by atoms with Gasteiger partial charge in [0, 0.05) is 10.8 Å². The first kappa shape index (κ1) is 12.4. The molecule has 0 bridgehead atoms. The molecule has 3 atom stereocenters. The van der Waals surface area contributed by atoms with Crippen LogP contribution in [0.4, 0.5) is 0 Å². The molecule has 0 aromatic carbocycles. The number of carbonyl (C=O) groups is 1. The standard InChI is InChI=1S/C11H14ClNO4/c12-5-7-1-8-3-11(4-10(14)15,6-13(16)17)9(8)2-7/h2,8-9H,1,3-6H2,(H,14,15)/t8-,9-,11-/m0/s1. The molecule has 0 unspecified atom stereocenters. The molecule has 17 heavy (non-hydrogen) atoms. The molecule has 5 nitrogen and oxygen atoms in total. The molecule has 1 N–H and O–H groups in total. The lowest BCUT2D eigenvalue weighted by atomic mass is 9.53. The molecular formula is C11H14ClNO4. The van der Waals surface area contributed by atoms with Crippen LogP contribution in [0.1, 0.15) is 19.3 Å². The van der Waals surface area contributed by atoms with E-state index in [1.54, 1.807) is 0 Å². The summed E-state index contributed by atoms with van der Waals surface area (Å²) in [7, 11) is 0. The number of fused-ring (bicyclic) bond motifs is 1. The first-order chi connectivity index (χ1) is 7.97. The Morgan fingerprint density at radius 3 is 2.94 bits per heavy atom. The minimum absolute atomic E-state index is 0.0257. The van der Waals surface area contributed by atoms with Gasteiger partial charge in [0.2, 0.25) is 6.54 Å². The van der Waals surface area contributed by atoms with E-state index in [4.69, 9.17) is 16.7 Å². The molecular weight excluding hydrogens is 246 g/mol. The third-order valence-electron chi connectivity index (χ3n) is 3.94. The summed E-state index contributed by atoms with van der Waals surface area (Å²) in [5.41, 5.74) is 0.408. The Labute approximate surface area is 104 Å². The van der Waals surface area contributed by atoms with Crippen molar-refractivity contribution in [1.82, 2.24) is 0 Å². The Morgan fingerprint density at radius 2 is 2.41 bits per heavy atom. The number of nitro groups is 1. The third-order valence-corrected chi connectivity index (χ3v) is 4.29. The average molecular weight is 260 g/mol. The van der Waals surface area contributed by atoms with Gasteiger partial charge in [0.05, 0.1) is 11.8 Å². The smallest absolute Gasteiger partial charge is 0.304 e. The second-order valence-electron chi connectivity index (χ2n) is 5.08. The fourth-order valence-corrected chi connectivity index (χ4v) is 3.57. The van der Waals surface area contributed by atoms with E-state index in [1.807, 2.05) is 6.08 Å². The van der Waals surface area contributed by atoms with E-state index in [0.29, 0.717) is 18.2 Å². The molecule has 2 rings (SSSR count). The predicted octanol–water partition coefficient (Wildman–Crippen LogP) is 1.93. The van der Waals surface area contributed by atoms with Crippen LogP contribution in [0.2, 0.25) is 0 Å². The van der Waals surface area contributed by atoms with Gasteiger partial charge in [-0.3, -0.25) is 14.9 Å². The first-order valence-electron chi connectivity index (χ1n) is 5.56. The van der Waals surface area contributed by atoms with E-state index in [2.05, 4.69) is 0 Å². The fourth-order valence-electron chi connectivity index (χ4n) is 3.37. The zero-order valence-electron chi connectivity index (χ0n) is 9.26. The minimum Gasteiger partial charge on any atom is -0.481 e. The van der Waals surface area contributed by atoms with Crippen LogP contribution in [-0.4, -0.2) is 28.4 Å². The highest BCUT2D eigenvalue weighted by molar-refractivity contribution is 6.19. The molecule has 0 amide bonds. The summed E-state index contributed by atoms with van der Waals surface area (Å²) < 4.78 is 0. The van der Waals surface area contributed by atoms with Gasteiger partial charge in [-0.25, -0.2) is 0 Å². The molecule has 0 aromatic heterocycles. The van der Waals surface area contributed by atoms with Gasteiger partial charge in [-0.05, 0) is 24.7 Å².